The highest BCUT2D eigenvalue weighted by Gasteiger charge is 2.31. The molecular formula is C14H27N3O2. The maximum Gasteiger partial charge on any atom is 0.240 e. The van der Waals surface area contributed by atoms with E-state index < -0.39 is 0 Å². The number of carbonyl (C=O) groups is 2. The summed E-state index contributed by atoms with van der Waals surface area (Å²) in [6, 6.07) is -0.0608. The van der Waals surface area contributed by atoms with Gasteiger partial charge in [-0.05, 0) is 33.6 Å². The molecule has 5 nitrogen and oxygen atoms in total. The van der Waals surface area contributed by atoms with Crippen molar-refractivity contribution in [3.63, 3.8) is 0 Å². The van der Waals surface area contributed by atoms with Crippen molar-refractivity contribution in [2.24, 2.45) is 11.7 Å². The molecule has 2 atom stereocenters. The van der Waals surface area contributed by atoms with Crippen molar-refractivity contribution in [1.29, 1.82) is 0 Å². The van der Waals surface area contributed by atoms with Gasteiger partial charge in [0.15, 0.2) is 0 Å². The molecule has 3 N–H and O–H groups in total. The molecule has 19 heavy (non-hydrogen) atoms. The second-order valence-electron chi connectivity index (χ2n) is 6.55. The zero-order valence-corrected chi connectivity index (χ0v) is 12.5. The lowest BCUT2D eigenvalue weighted by Gasteiger charge is -2.31. The minimum atomic E-state index is -0.276. The van der Waals surface area contributed by atoms with E-state index in [0.717, 1.165) is 25.7 Å². The maximum atomic E-state index is 12.3. The van der Waals surface area contributed by atoms with E-state index >= 15 is 0 Å². The van der Waals surface area contributed by atoms with Crippen LogP contribution in [0.25, 0.3) is 0 Å². The Hall–Kier alpha value is -1.10. The van der Waals surface area contributed by atoms with E-state index in [1.807, 2.05) is 20.8 Å². The quantitative estimate of drug-likeness (QED) is 0.798. The fourth-order valence-electron chi connectivity index (χ4n) is 2.50. The van der Waals surface area contributed by atoms with Gasteiger partial charge in [-0.15, -0.1) is 0 Å². The van der Waals surface area contributed by atoms with E-state index in [-0.39, 0.29) is 35.9 Å². The van der Waals surface area contributed by atoms with Crippen molar-refractivity contribution in [2.75, 3.05) is 13.6 Å². The molecule has 110 valence electrons. The summed E-state index contributed by atoms with van der Waals surface area (Å²) in [5.41, 5.74) is 5.73. The largest absolute Gasteiger partial charge is 0.350 e. The Bertz CT molecular complexity index is 336. The van der Waals surface area contributed by atoms with Gasteiger partial charge < -0.3 is 16.0 Å². The van der Waals surface area contributed by atoms with Crippen LogP contribution in [-0.4, -0.2) is 41.9 Å². The highest BCUT2D eigenvalue weighted by Crippen LogP contribution is 2.24. The van der Waals surface area contributed by atoms with E-state index in [1.54, 1.807) is 7.05 Å². The standard InChI is InChI=1S/C14H27N3O2/c1-14(2,3)16-12(18)9-17(4)13(19)10-7-5-6-8-11(10)15/h10-11H,5-9,15H2,1-4H3,(H,16,18). The Labute approximate surface area is 115 Å². The van der Waals surface area contributed by atoms with Gasteiger partial charge >= 0.3 is 0 Å². The lowest BCUT2D eigenvalue weighted by atomic mass is 9.84. The fraction of sp³-hybridized carbons (Fsp3) is 0.857. The van der Waals surface area contributed by atoms with Gasteiger partial charge in [-0.25, -0.2) is 0 Å². The van der Waals surface area contributed by atoms with Gasteiger partial charge in [0.1, 0.15) is 0 Å². The van der Waals surface area contributed by atoms with Crippen LogP contribution >= 0.6 is 0 Å². The second-order valence-corrected chi connectivity index (χ2v) is 6.55. The van der Waals surface area contributed by atoms with Crippen molar-refractivity contribution in [2.45, 2.75) is 58.0 Å². The third-order valence-corrected chi connectivity index (χ3v) is 3.41. The van der Waals surface area contributed by atoms with Crippen molar-refractivity contribution in [3.05, 3.63) is 0 Å². The van der Waals surface area contributed by atoms with Crippen LogP contribution in [0.1, 0.15) is 46.5 Å². The average Bonchev–Trinajstić information content (AvgIpc) is 2.26. The number of hydrogen-bond acceptors (Lipinski definition) is 3. The fourth-order valence-corrected chi connectivity index (χ4v) is 2.50. The molecule has 2 unspecified atom stereocenters. The van der Waals surface area contributed by atoms with E-state index in [1.165, 1.54) is 4.90 Å². The minimum Gasteiger partial charge on any atom is -0.350 e. The number of nitrogens with one attached hydrogen (secondary N) is 1. The van der Waals surface area contributed by atoms with Crippen LogP contribution in [0.15, 0.2) is 0 Å². The summed E-state index contributed by atoms with van der Waals surface area (Å²) in [7, 11) is 1.67. The van der Waals surface area contributed by atoms with Crippen LogP contribution in [0.3, 0.4) is 0 Å². The molecule has 1 aliphatic carbocycles. The molecule has 1 rings (SSSR count). The Balaban J connectivity index is 2.50. The Kier molecular flexibility index (Phi) is 5.35. The normalized spacial score (nSPS) is 23.8. The number of rotatable bonds is 3. The first kappa shape index (κ1) is 16.0. The molecule has 1 aliphatic rings. The molecule has 1 fully saturated rings. The van der Waals surface area contributed by atoms with Gasteiger partial charge in [-0.1, -0.05) is 12.8 Å². The molecule has 0 saturated heterocycles. The molecule has 0 aromatic carbocycles. The van der Waals surface area contributed by atoms with Gasteiger partial charge in [-0.3, -0.25) is 9.59 Å². The van der Waals surface area contributed by atoms with E-state index in [2.05, 4.69) is 5.32 Å². The molecule has 0 aromatic rings. The minimum absolute atomic E-state index is 0.00346. The van der Waals surface area contributed by atoms with E-state index in [0.29, 0.717) is 0 Å². The first-order chi connectivity index (χ1) is 8.70. The summed E-state index contributed by atoms with van der Waals surface area (Å²) >= 11 is 0. The number of nitrogens with zero attached hydrogens (tertiary/aromatic N) is 1. The van der Waals surface area contributed by atoms with Gasteiger partial charge in [-0.2, -0.15) is 0 Å². The zero-order chi connectivity index (χ0) is 14.6. The van der Waals surface area contributed by atoms with Crippen LogP contribution in [0.5, 0.6) is 0 Å². The number of amides is 2. The summed E-state index contributed by atoms with van der Waals surface area (Å²) in [5.74, 6) is -0.259. The van der Waals surface area contributed by atoms with E-state index in [9.17, 15) is 9.59 Å². The second kappa shape index (κ2) is 6.37. The van der Waals surface area contributed by atoms with Crippen LogP contribution < -0.4 is 11.1 Å². The highest BCUT2D eigenvalue weighted by atomic mass is 16.2. The van der Waals surface area contributed by atoms with Crippen LogP contribution in [0.2, 0.25) is 0 Å². The molecule has 0 heterocycles. The average molecular weight is 269 g/mol. The first-order valence-corrected chi connectivity index (χ1v) is 7.02. The molecule has 0 radical (unpaired) electrons. The molecule has 0 aliphatic heterocycles. The third kappa shape index (κ3) is 5.19. The number of hydrogen-bond donors (Lipinski definition) is 2. The molecule has 0 aromatic heterocycles. The summed E-state index contributed by atoms with van der Waals surface area (Å²) < 4.78 is 0. The van der Waals surface area contributed by atoms with Gasteiger partial charge in [0.2, 0.25) is 11.8 Å². The number of carbonyl (C=O) groups excluding carboxylic acids is 2. The molecular weight excluding hydrogens is 242 g/mol. The number of nitrogens with two attached hydrogens (primary N) is 1. The monoisotopic (exact) mass is 269 g/mol. The van der Waals surface area contributed by atoms with Crippen molar-refractivity contribution >= 4 is 11.8 Å². The van der Waals surface area contributed by atoms with Gasteiger partial charge in [0.05, 0.1) is 12.5 Å². The highest BCUT2D eigenvalue weighted by molar-refractivity contribution is 5.86. The summed E-state index contributed by atoms with van der Waals surface area (Å²) in [6.45, 7) is 5.86. The molecule has 5 heteroatoms. The Morgan fingerprint density at radius 3 is 2.37 bits per heavy atom. The summed E-state index contributed by atoms with van der Waals surface area (Å²) in [4.78, 5) is 25.6. The first-order valence-electron chi connectivity index (χ1n) is 7.02. The van der Waals surface area contributed by atoms with Crippen molar-refractivity contribution in [1.82, 2.24) is 10.2 Å². The zero-order valence-electron chi connectivity index (χ0n) is 12.5. The van der Waals surface area contributed by atoms with E-state index in [4.69, 9.17) is 5.73 Å². The molecule has 0 bridgehead atoms. The van der Waals surface area contributed by atoms with Crippen molar-refractivity contribution in [3.8, 4) is 0 Å². The van der Waals surface area contributed by atoms with Crippen LogP contribution in [0.4, 0.5) is 0 Å². The number of likely N-dealkylation sites (N-methyl/N-ethyl adjacent to an activating group) is 1. The van der Waals surface area contributed by atoms with Crippen LogP contribution in [-0.2, 0) is 9.59 Å². The lowest BCUT2D eigenvalue weighted by molar-refractivity contribution is -0.139. The molecule has 2 amide bonds. The predicted molar refractivity (Wildman–Crippen MR) is 75.5 cm³/mol. The smallest absolute Gasteiger partial charge is 0.240 e. The Morgan fingerprint density at radius 2 is 1.84 bits per heavy atom. The van der Waals surface area contributed by atoms with Crippen LogP contribution in [0, 0.1) is 5.92 Å². The SMILES string of the molecule is CN(CC(=O)NC(C)(C)C)C(=O)C1CCCCC1N. The van der Waals surface area contributed by atoms with Gasteiger partial charge in [0, 0.05) is 18.6 Å². The third-order valence-electron chi connectivity index (χ3n) is 3.41. The predicted octanol–water partition coefficient (Wildman–Crippen LogP) is 0.877. The molecule has 0 spiro atoms. The van der Waals surface area contributed by atoms with Crippen molar-refractivity contribution < 1.29 is 9.59 Å². The molecule has 1 saturated carbocycles. The summed E-state index contributed by atoms with van der Waals surface area (Å²) in [5, 5.41) is 2.85. The summed E-state index contributed by atoms with van der Waals surface area (Å²) in [6.07, 6.45) is 3.88. The van der Waals surface area contributed by atoms with Gasteiger partial charge in [0.25, 0.3) is 0 Å². The lowest BCUT2D eigenvalue weighted by Crippen LogP contribution is -2.49. The topological polar surface area (TPSA) is 75.4 Å². The Morgan fingerprint density at radius 1 is 1.26 bits per heavy atom. The maximum absolute atomic E-state index is 12.3.